The van der Waals surface area contributed by atoms with Gasteiger partial charge >= 0.3 is 0 Å². The Labute approximate surface area is 169 Å². The molecule has 0 spiro atoms. The van der Waals surface area contributed by atoms with Gasteiger partial charge in [-0.15, -0.1) is 10.2 Å². The molecule has 1 saturated carbocycles. The van der Waals surface area contributed by atoms with Crippen molar-refractivity contribution in [3.8, 4) is 0 Å². The standard InChI is InChI=1S/C20H27N5O2S/c1-13-4-5-16(14(2)10-13)11-24(3)18(27)12-28-20-23-22-19(15-6-7-15)25(20)9-8-17(21)26/h4-5,10,15H,6-9,11-12H2,1-3H3,(H2,21,26). The van der Waals surface area contributed by atoms with Crippen LogP contribution in [0.25, 0.3) is 0 Å². The van der Waals surface area contributed by atoms with Gasteiger partial charge < -0.3 is 15.2 Å². The number of thioether (sulfide) groups is 1. The van der Waals surface area contributed by atoms with Crippen LogP contribution < -0.4 is 5.73 Å². The summed E-state index contributed by atoms with van der Waals surface area (Å²) in [5, 5.41) is 9.21. The van der Waals surface area contributed by atoms with Gasteiger partial charge in [0.15, 0.2) is 5.16 Å². The number of aryl methyl sites for hydroxylation is 2. The minimum Gasteiger partial charge on any atom is -0.370 e. The zero-order valence-corrected chi connectivity index (χ0v) is 17.5. The molecule has 1 heterocycles. The molecule has 2 amide bonds. The lowest BCUT2D eigenvalue weighted by molar-refractivity contribution is -0.127. The molecule has 1 aromatic carbocycles. The molecule has 0 radical (unpaired) electrons. The number of nitrogens with zero attached hydrogens (tertiary/aromatic N) is 4. The van der Waals surface area contributed by atoms with Gasteiger partial charge in [0, 0.05) is 32.5 Å². The molecule has 2 aromatic rings. The molecule has 1 aliphatic rings. The highest BCUT2D eigenvalue weighted by Gasteiger charge is 2.30. The normalized spacial score (nSPS) is 13.5. The highest BCUT2D eigenvalue weighted by Crippen LogP contribution is 2.40. The molecule has 1 aliphatic carbocycles. The van der Waals surface area contributed by atoms with Crippen LogP contribution in [-0.4, -0.2) is 44.3 Å². The number of primary amides is 1. The van der Waals surface area contributed by atoms with E-state index in [0.717, 1.165) is 24.2 Å². The Bertz CT molecular complexity index is 875. The maximum Gasteiger partial charge on any atom is 0.233 e. The van der Waals surface area contributed by atoms with Crippen molar-refractivity contribution in [3.05, 3.63) is 40.7 Å². The van der Waals surface area contributed by atoms with Crippen LogP contribution in [0, 0.1) is 13.8 Å². The summed E-state index contributed by atoms with van der Waals surface area (Å²) in [6, 6.07) is 6.27. The monoisotopic (exact) mass is 401 g/mol. The fourth-order valence-corrected chi connectivity index (χ4v) is 4.00. The van der Waals surface area contributed by atoms with Crippen molar-refractivity contribution in [2.75, 3.05) is 12.8 Å². The summed E-state index contributed by atoms with van der Waals surface area (Å²) < 4.78 is 1.95. The van der Waals surface area contributed by atoms with E-state index in [-0.39, 0.29) is 24.0 Å². The van der Waals surface area contributed by atoms with Gasteiger partial charge in [-0.1, -0.05) is 35.5 Å². The van der Waals surface area contributed by atoms with Crippen molar-refractivity contribution >= 4 is 23.6 Å². The molecule has 0 unspecified atom stereocenters. The van der Waals surface area contributed by atoms with Gasteiger partial charge in [-0.3, -0.25) is 9.59 Å². The zero-order valence-electron chi connectivity index (χ0n) is 16.6. The molecular formula is C20H27N5O2S. The lowest BCUT2D eigenvalue weighted by Gasteiger charge is -2.18. The third kappa shape index (κ3) is 5.13. The number of amides is 2. The third-order valence-corrected chi connectivity index (χ3v) is 5.88. The van der Waals surface area contributed by atoms with Crippen LogP contribution in [0.5, 0.6) is 0 Å². The van der Waals surface area contributed by atoms with Gasteiger partial charge in [0.1, 0.15) is 5.82 Å². The molecule has 0 bridgehead atoms. The van der Waals surface area contributed by atoms with Gasteiger partial charge in [-0.2, -0.15) is 0 Å². The second-order valence-corrected chi connectivity index (χ2v) is 8.39. The van der Waals surface area contributed by atoms with Crippen molar-refractivity contribution < 1.29 is 9.59 Å². The van der Waals surface area contributed by atoms with E-state index in [2.05, 4.69) is 42.2 Å². The molecule has 0 atom stereocenters. The van der Waals surface area contributed by atoms with Crippen molar-refractivity contribution in [2.45, 2.75) is 57.3 Å². The van der Waals surface area contributed by atoms with Crippen LogP contribution in [0.4, 0.5) is 0 Å². The maximum absolute atomic E-state index is 12.6. The van der Waals surface area contributed by atoms with E-state index >= 15 is 0 Å². The quantitative estimate of drug-likeness (QED) is 0.651. The highest BCUT2D eigenvalue weighted by molar-refractivity contribution is 7.99. The average Bonchev–Trinajstić information content (AvgIpc) is 3.40. The summed E-state index contributed by atoms with van der Waals surface area (Å²) in [4.78, 5) is 25.5. The fraction of sp³-hybridized carbons (Fsp3) is 0.500. The summed E-state index contributed by atoms with van der Waals surface area (Å²) in [5.41, 5.74) is 8.85. The van der Waals surface area contributed by atoms with E-state index in [1.165, 1.54) is 22.9 Å². The van der Waals surface area contributed by atoms with Crippen LogP contribution >= 0.6 is 11.8 Å². The van der Waals surface area contributed by atoms with E-state index in [1.54, 1.807) is 4.90 Å². The average molecular weight is 402 g/mol. The third-order valence-electron chi connectivity index (χ3n) is 4.93. The van der Waals surface area contributed by atoms with Crippen LogP contribution in [0.15, 0.2) is 23.4 Å². The van der Waals surface area contributed by atoms with E-state index < -0.39 is 0 Å². The van der Waals surface area contributed by atoms with Crippen LogP contribution in [0.2, 0.25) is 0 Å². The molecule has 2 N–H and O–H groups in total. The van der Waals surface area contributed by atoms with E-state index in [1.807, 2.05) is 11.6 Å². The van der Waals surface area contributed by atoms with Gasteiger partial charge in [-0.25, -0.2) is 0 Å². The summed E-state index contributed by atoms with van der Waals surface area (Å²) in [6.45, 7) is 5.17. The first-order chi connectivity index (χ1) is 13.3. The predicted molar refractivity (Wildman–Crippen MR) is 109 cm³/mol. The molecule has 3 rings (SSSR count). The number of hydrogen-bond donors (Lipinski definition) is 1. The molecule has 1 aromatic heterocycles. The van der Waals surface area contributed by atoms with Gasteiger partial charge in [0.2, 0.25) is 11.8 Å². The number of hydrogen-bond acceptors (Lipinski definition) is 5. The first-order valence-corrected chi connectivity index (χ1v) is 10.5. The largest absolute Gasteiger partial charge is 0.370 e. The smallest absolute Gasteiger partial charge is 0.233 e. The number of carbonyl (C=O) groups excluding carboxylic acids is 2. The molecular weight excluding hydrogens is 374 g/mol. The second kappa shape index (κ2) is 8.77. The van der Waals surface area contributed by atoms with Crippen molar-refractivity contribution in [1.82, 2.24) is 19.7 Å². The number of benzene rings is 1. The Morgan fingerprint density at radius 3 is 2.68 bits per heavy atom. The van der Waals surface area contributed by atoms with Crippen molar-refractivity contribution in [1.29, 1.82) is 0 Å². The van der Waals surface area contributed by atoms with E-state index in [0.29, 0.717) is 24.2 Å². The Morgan fingerprint density at radius 1 is 1.29 bits per heavy atom. The molecule has 28 heavy (non-hydrogen) atoms. The number of rotatable bonds is 9. The lowest BCUT2D eigenvalue weighted by Crippen LogP contribution is -2.28. The van der Waals surface area contributed by atoms with Crippen LogP contribution in [-0.2, 0) is 22.7 Å². The van der Waals surface area contributed by atoms with E-state index in [4.69, 9.17) is 5.73 Å². The Balaban J connectivity index is 1.61. The predicted octanol–water partition coefficient (Wildman–Crippen LogP) is 2.40. The fourth-order valence-electron chi connectivity index (χ4n) is 3.09. The number of carbonyl (C=O) groups is 2. The van der Waals surface area contributed by atoms with Gasteiger partial charge in [0.05, 0.1) is 5.75 Å². The molecule has 7 nitrogen and oxygen atoms in total. The molecule has 0 saturated heterocycles. The zero-order chi connectivity index (χ0) is 20.3. The molecule has 1 fully saturated rings. The minimum absolute atomic E-state index is 0.0300. The van der Waals surface area contributed by atoms with Crippen molar-refractivity contribution in [2.24, 2.45) is 5.73 Å². The first-order valence-electron chi connectivity index (χ1n) is 9.49. The highest BCUT2D eigenvalue weighted by atomic mass is 32.2. The van der Waals surface area contributed by atoms with Crippen molar-refractivity contribution in [3.63, 3.8) is 0 Å². The number of aromatic nitrogens is 3. The number of nitrogens with two attached hydrogens (primary N) is 1. The molecule has 8 heteroatoms. The Hall–Kier alpha value is -2.35. The SMILES string of the molecule is Cc1ccc(CN(C)C(=O)CSc2nnc(C3CC3)n2CCC(N)=O)c(C)c1. The first kappa shape index (κ1) is 20.4. The van der Waals surface area contributed by atoms with Crippen LogP contribution in [0.1, 0.15) is 47.7 Å². The second-order valence-electron chi connectivity index (χ2n) is 7.45. The summed E-state index contributed by atoms with van der Waals surface area (Å²) in [7, 11) is 1.82. The van der Waals surface area contributed by atoms with Crippen LogP contribution in [0.3, 0.4) is 0 Å². The van der Waals surface area contributed by atoms with Gasteiger partial charge in [-0.05, 0) is 37.8 Å². The summed E-state index contributed by atoms with van der Waals surface area (Å²) in [5.74, 6) is 1.27. The summed E-state index contributed by atoms with van der Waals surface area (Å²) >= 11 is 1.36. The Morgan fingerprint density at radius 2 is 2.04 bits per heavy atom. The molecule has 0 aliphatic heterocycles. The summed E-state index contributed by atoms with van der Waals surface area (Å²) in [6.07, 6.45) is 2.43. The topological polar surface area (TPSA) is 94.1 Å². The van der Waals surface area contributed by atoms with E-state index in [9.17, 15) is 9.59 Å². The van der Waals surface area contributed by atoms with Gasteiger partial charge in [0.25, 0.3) is 0 Å². The molecule has 150 valence electrons. The lowest BCUT2D eigenvalue weighted by atomic mass is 10.1. The Kier molecular flexibility index (Phi) is 6.39. The maximum atomic E-state index is 12.6. The minimum atomic E-state index is -0.351.